The van der Waals surface area contributed by atoms with Gasteiger partial charge in [0.1, 0.15) is 6.04 Å². The highest BCUT2D eigenvalue weighted by atomic mass is 16.2. The van der Waals surface area contributed by atoms with Crippen molar-refractivity contribution in [3.05, 3.63) is 54.0 Å². The summed E-state index contributed by atoms with van der Waals surface area (Å²) in [6.07, 6.45) is 5.65. The van der Waals surface area contributed by atoms with Gasteiger partial charge >= 0.3 is 0 Å². The summed E-state index contributed by atoms with van der Waals surface area (Å²) in [5.74, 6) is -0.320. The molecule has 0 radical (unpaired) electrons. The van der Waals surface area contributed by atoms with E-state index in [2.05, 4.69) is 20.5 Å². The Bertz CT molecular complexity index is 982. The molecule has 1 unspecified atom stereocenters. The van der Waals surface area contributed by atoms with Crippen molar-refractivity contribution in [2.75, 3.05) is 11.9 Å². The summed E-state index contributed by atoms with van der Waals surface area (Å²) in [6.45, 7) is 2.53. The minimum Gasteiger partial charge on any atom is -0.327 e. The van der Waals surface area contributed by atoms with Gasteiger partial charge < -0.3 is 10.2 Å². The van der Waals surface area contributed by atoms with E-state index in [4.69, 9.17) is 0 Å². The maximum Gasteiger partial charge on any atom is 0.256 e. The van der Waals surface area contributed by atoms with Crippen molar-refractivity contribution in [2.24, 2.45) is 0 Å². The Kier molecular flexibility index (Phi) is 4.58. The zero-order valence-electron chi connectivity index (χ0n) is 15.1. The van der Waals surface area contributed by atoms with Crippen LogP contribution in [0, 0.1) is 6.92 Å². The van der Waals surface area contributed by atoms with Gasteiger partial charge in [0.25, 0.3) is 5.91 Å². The molecular formula is C20H21N5O2. The van der Waals surface area contributed by atoms with Gasteiger partial charge in [0, 0.05) is 35.7 Å². The van der Waals surface area contributed by atoms with Gasteiger partial charge in [0.15, 0.2) is 0 Å². The molecule has 1 atom stereocenters. The number of hydrogen-bond donors (Lipinski definition) is 2. The normalized spacial score (nSPS) is 17.1. The average molecular weight is 363 g/mol. The van der Waals surface area contributed by atoms with Crippen LogP contribution in [-0.2, 0) is 4.79 Å². The van der Waals surface area contributed by atoms with Crippen molar-refractivity contribution >= 4 is 28.4 Å². The summed E-state index contributed by atoms with van der Waals surface area (Å²) in [4.78, 5) is 31.4. The summed E-state index contributed by atoms with van der Waals surface area (Å²) in [6, 6.07) is 8.61. The number of nitrogens with zero attached hydrogens (tertiary/aromatic N) is 3. The fraction of sp³-hybridized carbons (Fsp3) is 0.300. The molecule has 2 amide bonds. The molecule has 1 fully saturated rings. The van der Waals surface area contributed by atoms with E-state index < -0.39 is 6.04 Å². The van der Waals surface area contributed by atoms with Gasteiger partial charge in [0.2, 0.25) is 5.91 Å². The van der Waals surface area contributed by atoms with Crippen LogP contribution in [-0.4, -0.2) is 44.5 Å². The van der Waals surface area contributed by atoms with Gasteiger partial charge in [-0.2, -0.15) is 5.10 Å². The summed E-state index contributed by atoms with van der Waals surface area (Å²) in [7, 11) is 0. The van der Waals surface area contributed by atoms with E-state index in [1.54, 1.807) is 29.4 Å². The lowest BCUT2D eigenvalue weighted by Crippen LogP contribution is -2.50. The van der Waals surface area contributed by atoms with Gasteiger partial charge in [-0.05, 0) is 56.5 Å². The molecule has 2 N–H and O–H groups in total. The minimum absolute atomic E-state index is 0.152. The van der Waals surface area contributed by atoms with Crippen molar-refractivity contribution in [3.8, 4) is 0 Å². The monoisotopic (exact) mass is 363 g/mol. The van der Waals surface area contributed by atoms with Crippen LogP contribution in [0.25, 0.3) is 10.9 Å². The third kappa shape index (κ3) is 3.40. The Morgan fingerprint density at radius 3 is 2.96 bits per heavy atom. The molecule has 1 saturated heterocycles. The number of rotatable bonds is 3. The van der Waals surface area contributed by atoms with Gasteiger partial charge in [-0.25, -0.2) is 0 Å². The number of carbonyl (C=O) groups is 2. The number of amides is 2. The van der Waals surface area contributed by atoms with E-state index >= 15 is 0 Å². The highest BCUT2D eigenvalue weighted by molar-refractivity contribution is 6.02. The van der Waals surface area contributed by atoms with Crippen molar-refractivity contribution in [2.45, 2.75) is 32.2 Å². The van der Waals surface area contributed by atoms with Gasteiger partial charge in [-0.3, -0.25) is 19.7 Å². The minimum atomic E-state index is -0.483. The average Bonchev–Trinajstić information content (AvgIpc) is 3.08. The summed E-state index contributed by atoms with van der Waals surface area (Å²) in [5.41, 5.74) is 2.98. The number of H-pyrrole nitrogens is 1. The Balaban J connectivity index is 1.53. The molecule has 1 aliphatic heterocycles. The smallest absolute Gasteiger partial charge is 0.256 e. The quantitative estimate of drug-likeness (QED) is 0.748. The third-order valence-corrected chi connectivity index (χ3v) is 4.99. The largest absolute Gasteiger partial charge is 0.327 e. The van der Waals surface area contributed by atoms with E-state index in [0.717, 1.165) is 29.4 Å². The molecule has 7 heteroatoms. The zero-order chi connectivity index (χ0) is 18.8. The van der Waals surface area contributed by atoms with Gasteiger partial charge in [0.05, 0.1) is 11.1 Å². The van der Waals surface area contributed by atoms with Crippen LogP contribution >= 0.6 is 0 Å². The number of nitrogens with one attached hydrogen (secondary N) is 2. The molecule has 0 aliphatic carbocycles. The molecule has 4 rings (SSSR count). The Labute approximate surface area is 156 Å². The number of likely N-dealkylation sites (tertiary alicyclic amines) is 1. The number of aryl methyl sites for hydroxylation is 1. The molecule has 1 aromatic carbocycles. The molecular weight excluding hydrogens is 342 g/mol. The van der Waals surface area contributed by atoms with Crippen LogP contribution < -0.4 is 5.32 Å². The number of aromatic nitrogens is 3. The van der Waals surface area contributed by atoms with E-state index in [1.165, 1.54) is 0 Å². The van der Waals surface area contributed by atoms with Crippen molar-refractivity contribution in [1.82, 2.24) is 20.1 Å². The van der Waals surface area contributed by atoms with Crippen molar-refractivity contribution in [1.29, 1.82) is 0 Å². The van der Waals surface area contributed by atoms with Crippen LogP contribution in [0.15, 0.2) is 42.7 Å². The molecule has 2 aromatic heterocycles. The first kappa shape index (κ1) is 17.2. The lowest BCUT2D eigenvalue weighted by Gasteiger charge is -2.34. The van der Waals surface area contributed by atoms with Crippen molar-refractivity contribution < 1.29 is 9.59 Å². The lowest BCUT2D eigenvalue weighted by molar-refractivity contribution is -0.121. The van der Waals surface area contributed by atoms with Crippen LogP contribution in [0.4, 0.5) is 5.69 Å². The van der Waals surface area contributed by atoms with E-state index in [1.807, 2.05) is 25.1 Å². The molecule has 27 heavy (non-hydrogen) atoms. The molecule has 3 heterocycles. The van der Waals surface area contributed by atoms with Gasteiger partial charge in [-0.15, -0.1) is 0 Å². The Morgan fingerprint density at radius 2 is 2.15 bits per heavy atom. The predicted octanol–water partition coefficient (Wildman–Crippen LogP) is 2.90. The first-order valence-electron chi connectivity index (χ1n) is 9.10. The molecule has 0 spiro atoms. The number of benzene rings is 1. The number of fused-ring (bicyclic) bond motifs is 1. The first-order valence-corrected chi connectivity index (χ1v) is 9.10. The summed E-state index contributed by atoms with van der Waals surface area (Å²) < 4.78 is 0. The van der Waals surface area contributed by atoms with E-state index in [-0.39, 0.29) is 11.8 Å². The maximum absolute atomic E-state index is 12.9. The van der Waals surface area contributed by atoms with Crippen LogP contribution in [0.1, 0.15) is 35.3 Å². The first-order chi connectivity index (χ1) is 13.1. The third-order valence-electron chi connectivity index (χ3n) is 4.99. The number of anilines is 1. The van der Waals surface area contributed by atoms with Crippen LogP contribution in [0.3, 0.4) is 0 Å². The second kappa shape index (κ2) is 7.19. The molecule has 3 aromatic rings. The number of carbonyl (C=O) groups excluding carboxylic acids is 2. The summed E-state index contributed by atoms with van der Waals surface area (Å²) >= 11 is 0. The highest BCUT2D eigenvalue weighted by Crippen LogP contribution is 2.23. The fourth-order valence-corrected chi connectivity index (χ4v) is 3.55. The molecule has 0 bridgehead atoms. The second-order valence-electron chi connectivity index (χ2n) is 6.82. The lowest BCUT2D eigenvalue weighted by atomic mass is 10.00. The summed E-state index contributed by atoms with van der Waals surface area (Å²) in [5, 5.41) is 11.1. The number of piperidine rings is 1. The highest BCUT2D eigenvalue weighted by Gasteiger charge is 2.32. The van der Waals surface area contributed by atoms with Crippen molar-refractivity contribution in [3.63, 3.8) is 0 Å². The second-order valence-corrected chi connectivity index (χ2v) is 6.82. The standard InChI is InChI=1S/C20H21N5O2/c1-13-16-8-7-15(11-17(16)24-23-13)22-19(26)18-6-2-3-10-25(18)20(27)14-5-4-9-21-12-14/h4-5,7-9,11-12,18H,2-3,6,10H2,1H3,(H,22,26)(H,23,24). The fourth-order valence-electron chi connectivity index (χ4n) is 3.55. The molecule has 7 nitrogen and oxygen atoms in total. The number of pyridine rings is 1. The molecule has 0 saturated carbocycles. The van der Waals surface area contributed by atoms with E-state index in [0.29, 0.717) is 24.2 Å². The number of aromatic amines is 1. The Morgan fingerprint density at radius 1 is 1.26 bits per heavy atom. The zero-order valence-corrected chi connectivity index (χ0v) is 15.1. The molecule has 138 valence electrons. The topological polar surface area (TPSA) is 91.0 Å². The predicted molar refractivity (Wildman–Crippen MR) is 102 cm³/mol. The molecule has 1 aliphatic rings. The maximum atomic E-state index is 12.9. The van der Waals surface area contributed by atoms with E-state index in [9.17, 15) is 9.59 Å². The SMILES string of the molecule is Cc1[nH]nc2cc(NC(=O)C3CCCCN3C(=O)c3cccnc3)ccc12. The van der Waals surface area contributed by atoms with Crippen LogP contribution in [0.2, 0.25) is 0 Å². The number of hydrogen-bond acceptors (Lipinski definition) is 4. The van der Waals surface area contributed by atoms with Gasteiger partial charge in [-0.1, -0.05) is 0 Å². The Hall–Kier alpha value is -3.22. The van der Waals surface area contributed by atoms with Crippen LogP contribution in [0.5, 0.6) is 0 Å².